The van der Waals surface area contributed by atoms with E-state index >= 15 is 0 Å². The molecule has 0 aromatic carbocycles. The van der Waals surface area contributed by atoms with E-state index in [2.05, 4.69) is 15.5 Å². The summed E-state index contributed by atoms with van der Waals surface area (Å²) in [6.45, 7) is 1.54. The van der Waals surface area contributed by atoms with Crippen LogP contribution < -0.4 is 5.32 Å². The number of nitrogens with one attached hydrogen (secondary N) is 2. The van der Waals surface area contributed by atoms with Gasteiger partial charge >= 0.3 is 0 Å². The number of aromatic nitrogens is 2. The molecule has 8 heteroatoms. The maximum absolute atomic E-state index is 12.7. The number of rotatable bonds is 6. The number of sulfonamides is 1. The van der Waals surface area contributed by atoms with Crippen LogP contribution in [0.1, 0.15) is 31.2 Å². The number of methoxy groups -OCH3 is 1. The molecule has 0 amide bonds. The SMILES string of the molecule is COC1CCN(S(=O)(=O)c2[nH]ncc2CNC2CC2)CC1. The quantitative estimate of drug-likeness (QED) is 0.796. The lowest BCUT2D eigenvalue weighted by Gasteiger charge is -2.30. The lowest BCUT2D eigenvalue weighted by molar-refractivity contribution is 0.0604. The van der Waals surface area contributed by atoms with Crippen LogP contribution in [0.15, 0.2) is 11.2 Å². The van der Waals surface area contributed by atoms with Crippen LogP contribution in [-0.2, 0) is 21.3 Å². The highest BCUT2D eigenvalue weighted by molar-refractivity contribution is 7.89. The van der Waals surface area contributed by atoms with Crippen LogP contribution in [0.25, 0.3) is 0 Å². The molecule has 1 aromatic rings. The summed E-state index contributed by atoms with van der Waals surface area (Å²) in [4.78, 5) is 0. The maximum atomic E-state index is 12.7. The Kier molecular flexibility index (Phi) is 4.30. The minimum Gasteiger partial charge on any atom is -0.381 e. The van der Waals surface area contributed by atoms with Crippen molar-refractivity contribution in [3.05, 3.63) is 11.8 Å². The zero-order valence-corrected chi connectivity index (χ0v) is 13.0. The van der Waals surface area contributed by atoms with Gasteiger partial charge in [0.25, 0.3) is 10.0 Å². The van der Waals surface area contributed by atoms with Gasteiger partial charge in [0, 0.05) is 38.3 Å². The van der Waals surface area contributed by atoms with E-state index in [1.54, 1.807) is 13.3 Å². The number of aromatic amines is 1. The molecule has 1 aromatic heterocycles. The molecule has 2 N–H and O–H groups in total. The van der Waals surface area contributed by atoms with E-state index in [1.807, 2.05) is 0 Å². The number of H-pyrrole nitrogens is 1. The smallest absolute Gasteiger partial charge is 0.260 e. The number of piperidine rings is 1. The van der Waals surface area contributed by atoms with E-state index in [4.69, 9.17) is 4.74 Å². The zero-order valence-electron chi connectivity index (χ0n) is 12.2. The summed E-state index contributed by atoms with van der Waals surface area (Å²) in [5, 5.41) is 10.1. The molecule has 0 spiro atoms. The molecule has 1 saturated heterocycles. The summed E-state index contributed by atoms with van der Waals surface area (Å²) in [5.41, 5.74) is 0.718. The van der Waals surface area contributed by atoms with E-state index < -0.39 is 10.0 Å². The van der Waals surface area contributed by atoms with Crippen LogP contribution in [0.5, 0.6) is 0 Å². The first kappa shape index (κ1) is 15.0. The molecule has 0 atom stereocenters. The maximum Gasteiger partial charge on any atom is 0.260 e. The predicted molar refractivity (Wildman–Crippen MR) is 77.2 cm³/mol. The highest BCUT2D eigenvalue weighted by Gasteiger charge is 2.32. The Balaban J connectivity index is 1.70. The topological polar surface area (TPSA) is 87.3 Å². The van der Waals surface area contributed by atoms with Crippen molar-refractivity contribution in [1.82, 2.24) is 19.8 Å². The molecule has 118 valence electrons. The fraction of sp³-hybridized carbons (Fsp3) is 0.769. The van der Waals surface area contributed by atoms with Gasteiger partial charge in [-0.05, 0) is 25.7 Å². The first-order valence-electron chi connectivity index (χ1n) is 7.40. The molecule has 2 aliphatic rings. The first-order valence-corrected chi connectivity index (χ1v) is 8.84. The van der Waals surface area contributed by atoms with Gasteiger partial charge < -0.3 is 10.1 Å². The minimum absolute atomic E-state index is 0.161. The normalized spacial score (nSPS) is 21.8. The van der Waals surface area contributed by atoms with Gasteiger partial charge in [-0.3, -0.25) is 5.10 Å². The van der Waals surface area contributed by atoms with E-state index in [9.17, 15) is 8.42 Å². The second-order valence-electron chi connectivity index (χ2n) is 5.72. The Hall–Kier alpha value is -0.960. The van der Waals surface area contributed by atoms with Crippen LogP contribution in [0, 0.1) is 0 Å². The molecule has 7 nitrogen and oxygen atoms in total. The van der Waals surface area contributed by atoms with Gasteiger partial charge in [-0.1, -0.05) is 0 Å². The highest BCUT2D eigenvalue weighted by Crippen LogP contribution is 2.24. The van der Waals surface area contributed by atoms with Crippen molar-refractivity contribution in [2.45, 2.75) is 49.4 Å². The van der Waals surface area contributed by atoms with Gasteiger partial charge in [-0.2, -0.15) is 9.40 Å². The van der Waals surface area contributed by atoms with Crippen molar-refractivity contribution < 1.29 is 13.2 Å². The molecule has 2 heterocycles. The molecule has 2 fully saturated rings. The number of hydrogen-bond donors (Lipinski definition) is 2. The van der Waals surface area contributed by atoms with Crippen LogP contribution >= 0.6 is 0 Å². The first-order chi connectivity index (χ1) is 10.1. The Labute approximate surface area is 125 Å². The Morgan fingerprint density at radius 3 is 2.71 bits per heavy atom. The number of hydrogen-bond acceptors (Lipinski definition) is 5. The predicted octanol–water partition coefficient (Wildman–Crippen LogP) is 0.461. The van der Waals surface area contributed by atoms with Crippen LogP contribution in [0.3, 0.4) is 0 Å². The van der Waals surface area contributed by atoms with Crippen molar-refractivity contribution in [3.8, 4) is 0 Å². The lowest BCUT2D eigenvalue weighted by Crippen LogP contribution is -2.41. The summed E-state index contributed by atoms with van der Waals surface area (Å²) in [5.74, 6) is 0. The largest absolute Gasteiger partial charge is 0.381 e. The Morgan fingerprint density at radius 1 is 1.38 bits per heavy atom. The number of nitrogens with zero attached hydrogens (tertiary/aromatic N) is 2. The minimum atomic E-state index is -3.49. The van der Waals surface area contributed by atoms with E-state index in [0.29, 0.717) is 25.7 Å². The second-order valence-corrected chi connectivity index (χ2v) is 7.59. The average Bonchev–Trinajstić information content (AvgIpc) is 3.20. The molecule has 1 aliphatic carbocycles. The van der Waals surface area contributed by atoms with Gasteiger partial charge in [-0.25, -0.2) is 8.42 Å². The number of ether oxygens (including phenoxy) is 1. The molecule has 1 saturated carbocycles. The van der Waals surface area contributed by atoms with Crippen LogP contribution in [-0.4, -0.2) is 55.3 Å². The standard InChI is InChI=1S/C13H22N4O3S/c1-20-12-4-6-17(7-5-12)21(18,19)13-10(9-15-16-13)8-14-11-2-3-11/h9,11-12,14H,2-8H2,1H3,(H,15,16). The molecule has 3 rings (SSSR count). The van der Waals surface area contributed by atoms with Crippen LogP contribution in [0.2, 0.25) is 0 Å². The van der Waals surface area contributed by atoms with Gasteiger partial charge in [0.2, 0.25) is 0 Å². The van der Waals surface area contributed by atoms with Gasteiger partial charge in [0.05, 0.1) is 12.3 Å². The molecule has 21 heavy (non-hydrogen) atoms. The molecule has 0 unspecified atom stereocenters. The van der Waals surface area contributed by atoms with Gasteiger partial charge in [0.1, 0.15) is 0 Å². The molecular formula is C13H22N4O3S. The summed E-state index contributed by atoms with van der Waals surface area (Å²) in [7, 11) is -1.82. The van der Waals surface area contributed by atoms with Crippen LogP contribution in [0.4, 0.5) is 0 Å². The van der Waals surface area contributed by atoms with Crippen molar-refractivity contribution in [2.24, 2.45) is 0 Å². The fourth-order valence-corrected chi connectivity index (χ4v) is 4.20. The zero-order chi connectivity index (χ0) is 14.9. The van der Waals surface area contributed by atoms with E-state index in [0.717, 1.165) is 18.4 Å². The van der Waals surface area contributed by atoms with Crippen molar-refractivity contribution >= 4 is 10.0 Å². The van der Waals surface area contributed by atoms with Crippen molar-refractivity contribution in [3.63, 3.8) is 0 Å². The Morgan fingerprint density at radius 2 is 2.10 bits per heavy atom. The van der Waals surface area contributed by atoms with Crippen molar-refractivity contribution in [1.29, 1.82) is 0 Å². The van der Waals surface area contributed by atoms with Gasteiger partial charge in [0.15, 0.2) is 5.03 Å². The molecular weight excluding hydrogens is 292 g/mol. The summed E-state index contributed by atoms with van der Waals surface area (Å²) < 4.78 is 32.2. The van der Waals surface area contributed by atoms with Crippen molar-refractivity contribution in [2.75, 3.05) is 20.2 Å². The second kappa shape index (κ2) is 6.04. The highest BCUT2D eigenvalue weighted by atomic mass is 32.2. The summed E-state index contributed by atoms with van der Waals surface area (Å²) in [6, 6.07) is 0.535. The third-order valence-corrected chi connectivity index (χ3v) is 6.08. The van der Waals surface area contributed by atoms with E-state index in [-0.39, 0.29) is 11.1 Å². The molecule has 0 bridgehead atoms. The van der Waals surface area contributed by atoms with E-state index in [1.165, 1.54) is 17.1 Å². The lowest BCUT2D eigenvalue weighted by atomic mass is 10.1. The Bertz CT molecular complexity index is 574. The third-order valence-electron chi connectivity index (χ3n) is 4.17. The van der Waals surface area contributed by atoms with Gasteiger partial charge in [-0.15, -0.1) is 0 Å². The fourth-order valence-electron chi connectivity index (χ4n) is 2.63. The average molecular weight is 314 g/mol. The monoisotopic (exact) mass is 314 g/mol. The summed E-state index contributed by atoms with van der Waals surface area (Å²) >= 11 is 0. The molecule has 0 radical (unpaired) electrons. The third kappa shape index (κ3) is 3.28. The summed E-state index contributed by atoms with van der Waals surface area (Å²) in [6.07, 6.45) is 5.58. The molecule has 1 aliphatic heterocycles.